The standard InChI is InChI=1S/C32H30Cl2N4O/c1-20(2)30-36-21(3)28-27(17-22-7-5-4-6-8-22)29(32(39)35-18-23-9-13-25(33)14-10-23)38(31(28)37-30)19-24-11-15-26(34)16-12-24/h4-16,20H,17-19H2,1-3H3,(H,35,39). The molecule has 0 atom stereocenters. The molecule has 0 aliphatic heterocycles. The van der Waals surface area contributed by atoms with Gasteiger partial charge in [0.2, 0.25) is 0 Å². The number of nitrogens with zero attached hydrogens (tertiary/aromatic N) is 3. The van der Waals surface area contributed by atoms with Crippen LogP contribution in [0.2, 0.25) is 10.0 Å². The molecule has 0 saturated carbocycles. The number of benzene rings is 3. The molecule has 0 unspecified atom stereocenters. The van der Waals surface area contributed by atoms with E-state index in [9.17, 15) is 4.79 Å². The molecule has 1 amide bonds. The Morgan fingerprint density at radius 1 is 0.846 bits per heavy atom. The van der Waals surface area contributed by atoms with Crippen molar-refractivity contribution < 1.29 is 4.79 Å². The predicted molar refractivity (Wildman–Crippen MR) is 159 cm³/mol. The Labute approximate surface area is 238 Å². The number of aryl methyl sites for hydroxylation is 1. The minimum atomic E-state index is -0.159. The monoisotopic (exact) mass is 556 g/mol. The van der Waals surface area contributed by atoms with Crippen molar-refractivity contribution in [3.63, 3.8) is 0 Å². The van der Waals surface area contributed by atoms with Crippen molar-refractivity contribution >= 4 is 40.1 Å². The quantitative estimate of drug-likeness (QED) is 0.212. The van der Waals surface area contributed by atoms with E-state index in [1.54, 1.807) is 0 Å². The topological polar surface area (TPSA) is 59.8 Å². The SMILES string of the molecule is Cc1nc(C(C)C)nc2c1c(Cc1ccccc1)c(C(=O)NCc1ccc(Cl)cc1)n2Cc1ccc(Cl)cc1. The summed E-state index contributed by atoms with van der Waals surface area (Å²) in [5.74, 6) is 0.745. The summed E-state index contributed by atoms with van der Waals surface area (Å²) in [7, 11) is 0. The van der Waals surface area contributed by atoms with Crippen LogP contribution >= 0.6 is 23.2 Å². The molecule has 1 N–H and O–H groups in total. The molecule has 0 bridgehead atoms. The van der Waals surface area contributed by atoms with Crippen molar-refractivity contribution in [3.05, 3.63) is 128 Å². The average Bonchev–Trinajstić information content (AvgIpc) is 3.23. The van der Waals surface area contributed by atoms with E-state index in [4.69, 9.17) is 33.2 Å². The summed E-state index contributed by atoms with van der Waals surface area (Å²) < 4.78 is 2.04. The van der Waals surface area contributed by atoms with E-state index >= 15 is 0 Å². The molecule has 0 saturated heterocycles. The first kappa shape index (κ1) is 26.9. The first-order chi connectivity index (χ1) is 18.8. The zero-order valence-electron chi connectivity index (χ0n) is 22.2. The summed E-state index contributed by atoms with van der Waals surface area (Å²) in [6, 6.07) is 25.4. The first-order valence-corrected chi connectivity index (χ1v) is 13.8. The van der Waals surface area contributed by atoms with Gasteiger partial charge in [0, 0.05) is 40.9 Å². The normalized spacial score (nSPS) is 11.3. The smallest absolute Gasteiger partial charge is 0.268 e. The van der Waals surface area contributed by atoms with Crippen molar-refractivity contribution in [1.82, 2.24) is 19.9 Å². The molecule has 0 spiro atoms. The van der Waals surface area contributed by atoms with Gasteiger partial charge in [-0.05, 0) is 53.4 Å². The van der Waals surface area contributed by atoms with Crippen LogP contribution in [-0.4, -0.2) is 20.4 Å². The Kier molecular flexibility index (Phi) is 8.01. The van der Waals surface area contributed by atoms with Crippen molar-refractivity contribution in [2.45, 2.75) is 46.2 Å². The molecule has 7 heteroatoms. The van der Waals surface area contributed by atoms with Gasteiger partial charge in [-0.3, -0.25) is 4.79 Å². The Hall–Kier alpha value is -3.67. The number of carbonyl (C=O) groups excluding carboxylic acids is 1. The number of nitrogens with one attached hydrogen (secondary N) is 1. The lowest BCUT2D eigenvalue weighted by Gasteiger charge is -2.13. The van der Waals surface area contributed by atoms with Gasteiger partial charge < -0.3 is 9.88 Å². The van der Waals surface area contributed by atoms with E-state index < -0.39 is 0 Å². The maximum absolute atomic E-state index is 14.0. The molecular weight excluding hydrogens is 527 g/mol. The number of hydrogen-bond donors (Lipinski definition) is 1. The highest BCUT2D eigenvalue weighted by atomic mass is 35.5. The van der Waals surface area contributed by atoms with Crippen LogP contribution in [0.25, 0.3) is 11.0 Å². The van der Waals surface area contributed by atoms with Crippen LogP contribution in [0.4, 0.5) is 0 Å². The minimum absolute atomic E-state index is 0.145. The van der Waals surface area contributed by atoms with Gasteiger partial charge >= 0.3 is 0 Å². The lowest BCUT2D eigenvalue weighted by molar-refractivity contribution is 0.0941. The summed E-state index contributed by atoms with van der Waals surface area (Å²) in [4.78, 5) is 23.9. The molecule has 39 heavy (non-hydrogen) atoms. The van der Waals surface area contributed by atoms with Crippen LogP contribution in [0.3, 0.4) is 0 Å². The fraction of sp³-hybridized carbons (Fsp3) is 0.219. The third-order valence-electron chi connectivity index (χ3n) is 6.78. The van der Waals surface area contributed by atoms with Gasteiger partial charge in [-0.2, -0.15) is 0 Å². The van der Waals surface area contributed by atoms with Crippen LogP contribution < -0.4 is 5.32 Å². The Morgan fingerprint density at radius 2 is 1.46 bits per heavy atom. The van der Waals surface area contributed by atoms with Gasteiger partial charge in [0.1, 0.15) is 17.2 Å². The number of hydrogen-bond acceptors (Lipinski definition) is 3. The van der Waals surface area contributed by atoms with Crippen LogP contribution in [0, 0.1) is 6.92 Å². The van der Waals surface area contributed by atoms with Gasteiger partial charge in [0.05, 0.1) is 5.69 Å². The van der Waals surface area contributed by atoms with Gasteiger partial charge in [0.25, 0.3) is 5.91 Å². The van der Waals surface area contributed by atoms with Gasteiger partial charge in [-0.1, -0.05) is 91.6 Å². The van der Waals surface area contributed by atoms with E-state index in [0.717, 1.165) is 44.8 Å². The molecule has 2 aromatic heterocycles. The summed E-state index contributed by atoms with van der Waals surface area (Å²) in [5.41, 5.74) is 6.26. The summed E-state index contributed by atoms with van der Waals surface area (Å²) in [6.45, 7) is 7.02. The molecule has 0 radical (unpaired) electrons. The zero-order valence-corrected chi connectivity index (χ0v) is 23.7. The van der Waals surface area contributed by atoms with E-state index in [2.05, 4.69) is 31.3 Å². The third kappa shape index (κ3) is 6.00. The Balaban J connectivity index is 1.68. The molecule has 5 nitrogen and oxygen atoms in total. The molecule has 198 valence electrons. The highest BCUT2D eigenvalue weighted by molar-refractivity contribution is 6.30. The number of aromatic nitrogens is 3. The molecular formula is C32H30Cl2N4O. The molecule has 0 aliphatic rings. The lowest BCUT2D eigenvalue weighted by Crippen LogP contribution is -2.27. The zero-order chi connectivity index (χ0) is 27.5. The second-order valence-electron chi connectivity index (χ2n) is 10.0. The molecule has 0 fully saturated rings. The van der Waals surface area contributed by atoms with Gasteiger partial charge in [-0.25, -0.2) is 9.97 Å². The van der Waals surface area contributed by atoms with Crippen LogP contribution in [-0.2, 0) is 19.5 Å². The minimum Gasteiger partial charge on any atom is -0.347 e. The van der Waals surface area contributed by atoms with E-state index in [0.29, 0.717) is 35.2 Å². The predicted octanol–water partition coefficient (Wildman–Crippen LogP) is 7.74. The van der Waals surface area contributed by atoms with E-state index in [-0.39, 0.29) is 11.8 Å². The second-order valence-corrected chi connectivity index (χ2v) is 10.9. The fourth-order valence-corrected chi connectivity index (χ4v) is 5.05. The molecule has 2 heterocycles. The number of fused-ring (bicyclic) bond motifs is 1. The van der Waals surface area contributed by atoms with Crippen LogP contribution in [0.15, 0.2) is 78.9 Å². The van der Waals surface area contributed by atoms with Crippen molar-refractivity contribution in [3.8, 4) is 0 Å². The van der Waals surface area contributed by atoms with Crippen LogP contribution in [0.5, 0.6) is 0 Å². The van der Waals surface area contributed by atoms with Gasteiger partial charge in [-0.15, -0.1) is 0 Å². The average molecular weight is 558 g/mol. The molecule has 0 aliphatic carbocycles. The number of carbonyl (C=O) groups is 1. The van der Waals surface area contributed by atoms with Crippen LogP contribution in [0.1, 0.15) is 64.0 Å². The highest BCUT2D eigenvalue weighted by Gasteiger charge is 2.26. The summed E-state index contributed by atoms with van der Waals surface area (Å²) in [6.07, 6.45) is 0.583. The molecule has 3 aromatic carbocycles. The second kappa shape index (κ2) is 11.6. The Morgan fingerprint density at radius 3 is 2.08 bits per heavy atom. The lowest BCUT2D eigenvalue weighted by atomic mass is 10.0. The van der Waals surface area contributed by atoms with E-state index in [1.807, 2.05) is 78.2 Å². The largest absolute Gasteiger partial charge is 0.347 e. The van der Waals surface area contributed by atoms with Crippen molar-refractivity contribution in [1.29, 1.82) is 0 Å². The third-order valence-corrected chi connectivity index (χ3v) is 7.28. The molecule has 5 rings (SSSR count). The summed E-state index contributed by atoms with van der Waals surface area (Å²) >= 11 is 12.2. The number of halogens is 2. The van der Waals surface area contributed by atoms with Gasteiger partial charge in [0.15, 0.2) is 0 Å². The van der Waals surface area contributed by atoms with Crippen molar-refractivity contribution in [2.75, 3.05) is 0 Å². The molecule has 5 aromatic rings. The number of amides is 1. The maximum atomic E-state index is 14.0. The Bertz CT molecular complexity index is 1610. The highest BCUT2D eigenvalue weighted by Crippen LogP contribution is 2.32. The number of rotatable bonds is 8. The fourth-order valence-electron chi connectivity index (χ4n) is 4.80. The van der Waals surface area contributed by atoms with Crippen molar-refractivity contribution in [2.24, 2.45) is 0 Å². The maximum Gasteiger partial charge on any atom is 0.268 e. The summed E-state index contributed by atoms with van der Waals surface area (Å²) in [5, 5.41) is 5.40. The van der Waals surface area contributed by atoms with E-state index in [1.165, 1.54) is 0 Å². The first-order valence-electron chi connectivity index (χ1n) is 13.0.